The molecule has 0 saturated carbocycles. The summed E-state index contributed by atoms with van der Waals surface area (Å²) in [5.41, 5.74) is 1.11. The van der Waals surface area contributed by atoms with Crippen molar-refractivity contribution < 1.29 is 14.3 Å². The molecule has 0 spiro atoms. The Kier molecular flexibility index (Phi) is 4.84. The zero-order chi connectivity index (χ0) is 17.6. The lowest BCUT2D eigenvalue weighted by Crippen LogP contribution is -2.19. The molecule has 0 saturated heterocycles. The Morgan fingerprint density at radius 2 is 1.88 bits per heavy atom. The third kappa shape index (κ3) is 3.55. The molecule has 126 valence electrons. The van der Waals surface area contributed by atoms with E-state index in [1.54, 1.807) is 25.1 Å². The molecular formula is C18H16N4O3. The number of amides is 1. The molecule has 2 heterocycles. The number of benzene rings is 1. The number of pyridine rings is 1. The van der Waals surface area contributed by atoms with E-state index in [4.69, 9.17) is 4.74 Å². The highest BCUT2D eigenvalue weighted by Crippen LogP contribution is 2.21. The number of rotatable bonds is 5. The van der Waals surface area contributed by atoms with Crippen LogP contribution in [-0.2, 0) is 4.74 Å². The Labute approximate surface area is 144 Å². The molecule has 2 aromatic heterocycles. The molecule has 7 heteroatoms. The van der Waals surface area contributed by atoms with Crippen LogP contribution in [0.1, 0.15) is 27.8 Å². The van der Waals surface area contributed by atoms with Gasteiger partial charge in [0.25, 0.3) is 5.91 Å². The number of nitrogens with zero attached hydrogens (tertiary/aromatic N) is 3. The Morgan fingerprint density at radius 1 is 1.12 bits per heavy atom. The molecule has 0 aliphatic rings. The minimum atomic E-state index is -0.555. The van der Waals surface area contributed by atoms with Gasteiger partial charge in [-0.25, -0.2) is 9.48 Å². The second kappa shape index (κ2) is 7.39. The summed E-state index contributed by atoms with van der Waals surface area (Å²) in [6.45, 7) is 1.94. The highest BCUT2D eigenvalue weighted by molar-refractivity contribution is 6.06. The zero-order valence-electron chi connectivity index (χ0n) is 13.5. The molecule has 0 bridgehead atoms. The fourth-order valence-electron chi connectivity index (χ4n) is 2.26. The Hall–Kier alpha value is -3.48. The van der Waals surface area contributed by atoms with Crippen LogP contribution in [0.15, 0.2) is 60.9 Å². The molecule has 0 atom stereocenters. The lowest BCUT2D eigenvalue weighted by molar-refractivity contribution is 0.0527. The predicted molar refractivity (Wildman–Crippen MR) is 91.7 cm³/mol. The van der Waals surface area contributed by atoms with E-state index in [1.165, 1.54) is 17.1 Å². The highest BCUT2D eigenvalue weighted by atomic mass is 16.5. The normalized spacial score (nSPS) is 10.3. The van der Waals surface area contributed by atoms with Gasteiger partial charge in [-0.15, -0.1) is 0 Å². The van der Waals surface area contributed by atoms with Crippen LogP contribution in [-0.4, -0.2) is 33.2 Å². The first-order valence-electron chi connectivity index (χ1n) is 7.73. The number of hydrogen-bond acceptors (Lipinski definition) is 5. The number of esters is 1. The van der Waals surface area contributed by atoms with Gasteiger partial charge in [0, 0.05) is 6.20 Å². The van der Waals surface area contributed by atoms with Gasteiger partial charge in [0.2, 0.25) is 0 Å². The largest absolute Gasteiger partial charge is 0.462 e. The average Bonchev–Trinajstić information content (AvgIpc) is 3.07. The number of hydrogen-bond donors (Lipinski definition) is 1. The lowest BCUT2D eigenvalue weighted by atomic mass is 10.3. The van der Waals surface area contributed by atoms with Gasteiger partial charge >= 0.3 is 5.97 Å². The monoisotopic (exact) mass is 336 g/mol. The minimum absolute atomic E-state index is 0.176. The summed E-state index contributed by atoms with van der Waals surface area (Å²) in [6.07, 6.45) is 2.90. The molecule has 3 aromatic rings. The molecule has 1 amide bonds. The van der Waals surface area contributed by atoms with E-state index in [1.807, 2.05) is 30.3 Å². The maximum absolute atomic E-state index is 12.5. The van der Waals surface area contributed by atoms with Gasteiger partial charge in [0.1, 0.15) is 11.3 Å². The summed E-state index contributed by atoms with van der Waals surface area (Å²) in [5, 5.41) is 6.93. The molecule has 0 radical (unpaired) electrons. The third-order valence-corrected chi connectivity index (χ3v) is 3.39. The van der Waals surface area contributed by atoms with Crippen molar-refractivity contribution in [3.63, 3.8) is 0 Å². The van der Waals surface area contributed by atoms with Crippen LogP contribution in [0.4, 0.5) is 5.82 Å². The minimum Gasteiger partial charge on any atom is -0.462 e. The number of carbonyl (C=O) groups is 2. The van der Waals surface area contributed by atoms with E-state index in [0.29, 0.717) is 5.69 Å². The maximum Gasteiger partial charge on any atom is 0.343 e. The van der Waals surface area contributed by atoms with Gasteiger partial charge in [-0.1, -0.05) is 24.3 Å². The van der Waals surface area contributed by atoms with Crippen molar-refractivity contribution in [3.8, 4) is 5.69 Å². The van der Waals surface area contributed by atoms with Crippen molar-refractivity contribution in [1.29, 1.82) is 0 Å². The fraction of sp³-hybridized carbons (Fsp3) is 0.111. The molecule has 1 N–H and O–H groups in total. The third-order valence-electron chi connectivity index (χ3n) is 3.39. The van der Waals surface area contributed by atoms with Gasteiger partial charge < -0.3 is 10.1 Å². The van der Waals surface area contributed by atoms with Crippen molar-refractivity contribution in [2.45, 2.75) is 6.92 Å². The predicted octanol–water partition coefficient (Wildman–Crippen LogP) is 2.70. The van der Waals surface area contributed by atoms with Crippen LogP contribution in [0.3, 0.4) is 0 Å². The molecule has 0 fully saturated rings. The van der Waals surface area contributed by atoms with E-state index in [2.05, 4.69) is 15.4 Å². The summed E-state index contributed by atoms with van der Waals surface area (Å²) in [7, 11) is 0. The Bertz CT molecular complexity index is 876. The highest BCUT2D eigenvalue weighted by Gasteiger charge is 2.22. The molecular weight excluding hydrogens is 320 g/mol. The number of nitrogens with one attached hydrogen (secondary N) is 1. The number of anilines is 1. The molecule has 0 aliphatic heterocycles. The summed E-state index contributed by atoms with van der Waals surface area (Å²) in [6, 6.07) is 14.2. The van der Waals surface area contributed by atoms with Crippen molar-refractivity contribution in [2.24, 2.45) is 0 Å². The van der Waals surface area contributed by atoms with E-state index in [0.717, 1.165) is 0 Å². The smallest absolute Gasteiger partial charge is 0.343 e. The van der Waals surface area contributed by atoms with Gasteiger partial charge in [-0.3, -0.25) is 9.78 Å². The maximum atomic E-state index is 12.5. The molecule has 0 unspecified atom stereocenters. The van der Waals surface area contributed by atoms with Gasteiger partial charge in [-0.2, -0.15) is 5.10 Å². The van der Waals surface area contributed by atoms with Crippen molar-refractivity contribution in [1.82, 2.24) is 14.8 Å². The van der Waals surface area contributed by atoms with Crippen LogP contribution in [0.2, 0.25) is 0 Å². The quantitative estimate of drug-likeness (QED) is 0.724. The lowest BCUT2D eigenvalue weighted by Gasteiger charge is -2.10. The summed E-state index contributed by atoms with van der Waals surface area (Å²) < 4.78 is 6.53. The van der Waals surface area contributed by atoms with Crippen LogP contribution in [0.25, 0.3) is 5.69 Å². The van der Waals surface area contributed by atoms with Crippen molar-refractivity contribution >= 4 is 17.7 Å². The standard InChI is InChI=1S/C18H16N4O3/c1-2-25-18(24)14-12-20-22(13-8-4-3-5-9-13)16(14)21-17(23)15-10-6-7-11-19-15/h3-12H,2H2,1H3,(H,21,23). The first kappa shape index (κ1) is 16.4. The van der Waals surface area contributed by atoms with E-state index >= 15 is 0 Å². The summed E-state index contributed by atoms with van der Waals surface area (Å²) in [4.78, 5) is 28.7. The average molecular weight is 336 g/mol. The number of ether oxygens (including phenoxy) is 1. The Morgan fingerprint density at radius 3 is 2.56 bits per heavy atom. The van der Waals surface area contributed by atoms with Gasteiger partial charge in [-0.05, 0) is 31.2 Å². The SMILES string of the molecule is CCOC(=O)c1cnn(-c2ccccc2)c1NC(=O)c1ccccn1. The second-order valence-corrected chi connectivity index (χ2v) is 5.04. The first-order valence-corrected chi connectivity index (χ1v) is 7.73. The first-order chi connectivity index (χ1) is 12.2. The van der Waals surface area contributed by atoms with Gasteiger partial charge in [0.05, 0.1) is 18.5 Å². The van der Waals surface area contributed by atoms with Crippen molar-refractivity contribution in [3.05, 3.63) is 72.2 Å². The van der Waals surface area contributed by atoms with E-state index in [9.17, 15) is 9.59 Å². The van der Waals surface area contributed by atoms with E-state index in [-0.39, 0.29) is 23.7 Å². The second-order valence-electron chi connectivity index (χ2n) is 5.04. The van der Waals surface area contributed by atoms with Crippen LogP contribution in [0.5, 0.6) is 0 Å². The summed E-state index contributed by atoms with van der Waals surface area (Å²) >= 11 is 0. The molecule has 0 aliphatic carbocycles. The Balaban J connectivity index is 2.01. The van der Waals surface area contributed by atoms with Crippen molar-refractivity contribution in [2.75, 3.05) is 11.9 Å². The van der Waals surface area contributed by atoms with Gasteiger partial charge in [0.15, 0.2) is 5.82 Å². The molecule has 25 heavy (non-hydrogen) atoms. The fourth-order valence-corrected chi connectivity index (χ4v) is 2.26. The van der Waals surface area contributed by atoms with Crippen LogP contribution in [0, 0.1) is 0 Å². The van der Waals surface area contributed by atoms with Crippen LogP contribution >= 0.6 is 0 Å². The van der Waals surface area contributed by atoms with Crippen LogP contribution < -0.4 is 5.32 Å². The summed E-state index contributed by atoms with van der Waals surface area (Å²) in [5.74, 6) is -0.759. The van der Waals surface area contributed by atoms with E-state index < -0.39 is 11.9 Å². The molecule has 7 nitrogen and oxygen atoms in total. The molecule has 3 rings (SSSR count). The number of para-hydroxylation sites is 1. The zero-order valence-corrected chi connectivity index (χ0v) is 13.5. The topological polar surface area (TPSA) is 86.1 Å². The number of aromatic nitrogens is 3. The number of carbonyl (C=O) groups excluding carboxylic acids is 2. The molecule has 1 aromatic carbocycles.